The van der Waals surface area contributed by atoms with Crippen LogP contribution in [0.3, 0.4) is 0 Å². The number of hydrogen-bond acceptors (Lipinski definition) is 3. The number of fused-ring (bicyclic) bond motifs is 1. The third kappa shape index (κ3) is 2.27. The number of benzene rings is 2. The average molecular weight is 297 g/mol. The molecule has 0 saturated carbocycles. The fourth-order valence-electron chi connectivity index (χ4n) is 2.49. The summed E-state index contributed by atoms with van der Waals surface area (Å²) in [5.41, 5.74) is 9.37. The Kier molecular flexibility index (Phi) is 3.61. The molecule has 0 aliphatic carbocycles. The van der Waals surface area contributed by atoms with Crippen LogP contribution in [0, 0.1) is 11.3 Å². The molecule has 0 amide bonds. The summed E-state index contributed by atoms with van der Waals surface area (Å²) in [5.74, 6) is 0.690. The van der Waals surface area contributed by atoms with Gasteiger partial charge in [-0.3, -0.25) is 4.57 Å². The maximum absolute atomic E-state index is 9.04. The highest BCUT2D eigenvalue weighted by atomic mass is 35.5. The van der Waals surface area contributed by atoms with E-state index in [-0.39, 0.29) is 6.42 Å². The molecule has 5 heteroatoms. The van der Waals surface area contributed by atoms with Gasteiger partial charge in [-0.05, 0) is 24.3 Å². The van der Waals surface area contributed by atoms with Gasteiger partial charge >= 0.3 is 0 Å². The quantitative estimate of drug-likeness (QED) is 0.807. The Morgan fingerprint density at radius 3 is 2.76 bits per heavy atom. The maximum atomic E-state index is 9.04. The number of para-hydroxylation sites is 2. The topological polar surface area (TPSA) is 67.6 Å². The maximum Gasteiger partial charge on any atom is 0.128 e. The van der Waals surface area contributed by atoms with E-state index < -0.39 is 0 Å². The van der Waals surface area contributed by atoms with Gasteiger partial charge in [0.25, 0.3) is 0 Å². The number of imidazole rings is 1. The van der Waals surface area contributed by atoms with Crippen LogP contribution in [0.2, 0.25) is 5.02 Å². The zero-order chi connectivity index (χ0) is 14.8. The average Bonchev–Trinajstić information content (AvgIpc) is 2.85. The van der Waals surface area contributed by atoms with Crippen LogP contribution in [0.25, 0.3) is 16.7 Å². The molecular formula is C16H13ClN4. The van der Waals surface area contributed by atoms with Gasteiger partial charge in [0.05, 0.1) is 29.2 Å². The number of halogens is 1. The molecule has 3 rings (SSSR count). The highest BCUT2D eigenvalue weighted by Gasteiger charge is 2.15. The fraction of sp³-hybridized carbons (Fsp3) is 0.125. The summed E-state index contributed by atoms with van der Waals surface area (Å²) in [5, 5.41) is 9.66. The first-order valence-corrected chi connectivity index (χ1v) is 6.95. The SMILES string of the molecule is N#CCc1nc2ccccc2n1-c1cccc(Cl)c1CN. The van der Waals surface area contributed by atoms with Gasteiger partial charge in [-0.1, -0.05) is 29.8 Å². The van der Waals surface area contributed by atoms with E-state index in [1.54, 1.807) is 0 Å². The highest BCUT2D eigenvalue weighted by Crippen LogP contribution is 2.28. The highest BCUT2D eigenvalue weighted by molar-refractivity contribution is 6.31. The van der Waals surface area contributed by atoms with Crippen molar-refractivity contribution >= 4 is 22.6 Å². The van der Waals surface area contributed by atoms with Crippen LogP contribution in [0.15, 0.2) is 42.5 Å². The molecule has 1 heterocycles. The van der Waals surface area contributed by atoms with Gasteiger partial charge in [0.15, 0.2) is 0 Å². The molecule has 4 nitrogen and oxygen atoms in total. The van der Waals surface area contributed by atoms with Crippen molar-refractivity contribution in [2.75, 3.05) is 0 Å². The van der Waals surface area contributed by atoms with Gasteiger partial charge in [-0.15, -0.1) is 0 Å². The first kappa shape index (κ1) is 13.6. The second kappa shape index (κ2) is 5.57. The van der Waals surface area contributed by atoms with Crippen molar-refractivity contribution in [3.8, 4) is 11.8 Å². The van der Waals surface area contributed by atoms with Gasteiger partial charge in [0, 0.05) is 17.1 Å². The van der Waals surface area contributed by atoms with Crippen molar-refractivity contribution in [1.82, 2.24) is 9.55 Å². The van der Waals surface area contributed by atoms with Crippen molar-refractivity contribution in [3.63, 3.8) is 0 Å². The molecule has 0 bridgehead atoms. The van der Waals surface area contributed by atoms with Gasteiger partial charge in [-0.2, -0.15) is 5.26 Å². The van der Waals surface area contributed by atoms with Crippen LogP contribution in [-0.2, 0) is 13.0 Å². The molecule has 0 atom stereocenters. The first-order valence-electron chi connectivity index (χ1n) is 6.57. The molecule has 0 spiro atoms. The zero-order valence-corrected chi connectivity index (χ0v) is 12.0. The summed E-state index contributed by atoms with van der Waals surface area (Å²) in [7, 11) is 0. The monoisotopic (exact) mass is 296 g/mol. The Morgan fingerprint density at radius 2 is 2.00 bits per heavy atom. The molecule has 3 aromatic rings. The fourth-order valence-corrected chi connectivity index (χ4v) is 2.74. The van der Waals surface area contributed by atoms with E-state index in [2.05, 4.69) is 11.1 Å². The van der Waals surface area contributed by atoms with Crippen LogP contribution in [0.1, 0.15) is 11.4 Å². The second-order valence-electron chi connectivity index (χ2n) is 4.63. The predicted molar refractivity (Wildman–Crippen MR) is 83.3 cm³/mol. The lowest BCUT2D eigenvalue weighted by atomic mass is 10.1. The largest absolute Gasteiger partial charge is 0.326 e. The number of nitriles is 1. The minimum absolute atomic E-state index is 0.227. The molecule has 1 aromatic heterocycles. The molecule has 0 radical (unpaired) electrons. The lowest BCUT2D eigenvalue weighted by molar-refractivity contribution is 0.927. The number of nitrogens with zero attached hydrogens (tertiary/aromatic N) is 3. The smallest absolute Gasteiger partial charge is 0.128 e. The molecule has 21 heavy (non-hydrogen) atoms. The van der Waals surface area contributed by atoms with Gasteiger partial charge in [0.1, 0.15) is 5.82 Å². The van der Waals surface area contributed by atoms with Crippen LogP contribution in [0.5, 0.6) is 0 Å². The summed E-state index contributed by atoms with van der Waals surface area (Å²) < 4.78 is 1.96. The van der Waals surface area contributed by atoms with Crippen LogP contribution < -0.4 is 5.73 Å². The number of rotatable bonds is 3. The Labute approximate surface area is 127 Å². The zero-order valence-electron chi connectivity index (χ0n) is 11.3. The summed E-state index contributed by atoms with van der Waals surface area (Å²) in [6.07, 6.45) is 0.227. The molecule has 0 aliphatic heterocycles. The van der Waals surface area contributed by atoms with Crippen LogP contribution in [-0.4, -0.2) is 9.55 Å². The summed E-state index contributed by atoms with van der Waals surface area (Å²) in [6, 6.07) is 15.6. The van der Waals surface area contributed by atoms with E-state index in [1.807, 2.05) is 47.0 Å². The van der Waals surface area contributed by atoms with E-state index in [1.165, 1.54) is 0 Å². The van der Waals surface area contributed by atoms with Crippen molar-refractivity contribution in [2.45, 2.75) is 13.0 Å². The normalized spacial score (nSPS) is 10.7. The Bertz CT molecular complexity index is 845. The van der Waals surface area contributed by atoms with Gasteiger partial charge in [-0.25, -0.2) is 4.98 Å². The summed E-state index contributed by atoms with van der Waals surface area (Å²) >= 11 is 6.25. The van der Waals surface area contributed by atoms with Crippen molar-refractivity contribution in [3.05, 3.63) is 58.9 Å². The third-order valence-corrected chi connectivity index (χ3v) is 3.76. The number of hydrogen-bond donors (Lipinski definition) is 1. The van der Waals surface area contributed by atoms with Gasteiger partial charge < -0.3 is 5.73 Å². The molecule has 104 valence electrons. The Balaban J connectivity index is 2.36. The van der Waals surface area contributed by atoms with E-state index in [0.717, 1.165) is 22.3 Å². The summed E-state index contributed by atoms with van der Waals surface area (Å²) in [6.45, 7) is 0.327. The Hall–Kier alpha value is -2.35. The molecule has 0 unspecified atom stereocenters. The number of aromatic nitrogens is 2. The van der Waals surface area contributed by atoms with E-state index in [4.69, 9.17) is 22.6 Å². The lowest BCUT2D eigenvalue weighted by Gasteiger charge is -2.13. The molecule has 2 aromatic carbocycles. The van der Waals surface area contributed by atoms with Crippen molar-refractivity contribution in [1.29, 1.82) is 5.26 Å². The molecule has 0 saturated heterocycles. The second-order valence-corrected chi connectivity index (χ2v) is 5.04. The third-order valence-electron chi connectivity index (χ3n) is 3.41. The first-order chi connectivity index (χ1) is 10.3. The van der Waals surface area contributed by atoms with Crippen molar-refractivity contribution in [2.24, 2.45) is 5.73 Å². The van der Waals surface area contributed by atoms with E-state index >= 15 is 0 Å². The summed E-state index contributed by atoms with van der Waals surface area (Å²) in [4.78, 5) is 4.54. The van der Waals surface area contributed by atoms with E-state index in [0.29, 0.717) is 17.4 Å². The molecule has 2 N–H and O–H groups in total. The standard InChI is InChI=1S/C16H13ClN4/c17-12-4-3-7-14(11(12)10-19)21-15-6-2-1-5-13(15)20-16(21)8-9-18/h1-7H,8,10,19H2. The van der Waals surface area contributed by atoms with Gasteiger partial charge in [0.2, 0.25) is 0 Å². The molecule has 0 aliphatic rings. The number of nitrogens with two attached hydrogens (primary N) is 1. The van der Waals surface area contributed by atoms with Crippen LogP contribution >= 0.6 is 11.6 Å². The minimum atomic E-state index is 0.227. The minimum Gasteiger partial charge on any atom is -0.326 e. The predicted octanol–water partition coefficient (Wildman–Crippen LogP) is 3.20. The lowest BCUT2D eigenvalue weighted by Crippen LogP contribution is -2.08. The van der Waals surface area contributed by atoms with Crippen LogP contribution in [0.4, 0.5) is 0 Å². The molecular weight excluding hydrogens is 284 g/mol. The Morgan fingerprint density at radius 1 is 1.19 bits per heavy atom. The van der Waals surface area contributed by atoms with E-state index in [9.17, 15) is 0 Å². The molecule has 0 fully saturated rings. The van der Waals surface area contributed by atoms with Crippen molar-refractivity contribution < 1.29 is 0 Å².